The summed E-state index contributed by atoms with van der Waals surface area (Å²) in [5.41, 5.74) is 1.08. The van der Waals surface area contributed by atoms with E-state index in [-0.39, 0.29) is 4.75 Å². The first kappa shape index (κ1) is 16.1. The highest BCUT2D eigenvalue weighted by molar-refractivity contribution is 8.00. The minimum Gasteiger partial charge on any atom is -0.373 e. The van der Waals surface area contributed by atoms with Gasteiger partial charge in [-0.15, -0.1) is 0 Å². The monoisotopic (exact) mass is 282 g/mol. The first-order valence-corrected chi connectivity index (χ1v) is 8.06. The second kappa shape index (κ2) is 6.98. The van der Waals surface area contributed by atoms with Gasteiger partial charge in [-0.05, 0) is 32.9 Å². The summed E-state index contributed by atoms with van der Waals surface area (Å²) in [5.74, 6) is 2.63. The Balaban J connectivity index is 2.91. The molecule has 108 valence electrons. The molecular weight excluding hydrogens is 256 g/mol. The Hall–Kier alpha value is -0.970. The minimum atomic E-state index is 0.283. The summed E-state index contributed by atoms with van der Waals surface area (Å²) in [4.78, 5) is 8.91. The molecule has 0 saturated carbocycles. The molecule has 0 radical (unpaired) electrons. The molecule has 0 aromatic carbocycles. The lowest BCUT2D eigenvalue weighted by molar-refractivity contribution is 0.573. The van der Waals surface area contributed by atoms with Gasteiger partial charge in [-0.3, -0.25) is 0 Å². The molecule has 19 heavy (non-hydrogen) atoms. The lowest BCUT2D eigenvalue weighted by Gasteiger charge is -2.30. The molecule has 0 bridgehead atoms. The Morgan fingerprint density at radius 3 is 2.16 bits per heavy atom. The highest BCUT2D eigenvalue weighted by Crippen LogP contribution is 2.31. The molecular formula is C14H26N4S. The molecule has 0 aliphatic carbocycles. The molecule has 0 atom stereocenters. The molecule has 0 amide bonds. The van der Waals surface area contributed by atoms with Crippen LogP contribution in [-0.2, 0) is 0 Å². The van der Waals surface area contributed by atoms with Crippen LogP contribution >= 0.6 is 11.8 Å². The Morgan fingerprint density at radius 2 is 1.68 bits per heavy atom. The topological polar surface area (TPSA) is 49.8 Å². The summed E-state index contributed by atoms with van der Waals surface area (Å²) in [6.45, 7) is 9.40. The van der Waals surface area contributed by atoms with E-state index in [2.05, 4.69) is 40.7 Å². The third-order valence-electron chi connectivity index (χ3n) is 3.79. The van der Waals surface area contributed by atoms with Gasteiger partial charge in [0.05, 0.1) is 0 Å². The highest BCUT2D eigenvalue weighted by Gasteiger charge is 2.25. The largest absolute Gasteiger partial charge is 0.373 e. The van der Waals surface area contributed by atoms with E-state index in [4.69, 9.17) is 0 Å². The molecule has 1 rings (SSSR count). The number of anilines is 2. The summed E-state index contributed by atoms with van der Waals surface area (Å²) in [7, 11) is 1.89. The van der Waals surface area contributed by atoms with Gasteiger partial charge in [0, 0.05) is 23.9 Å². The maximum absolute atomic E-state index is 4.52. The van der Waals surface area contributed by atoms with Gasteiger partial charge < -0.3 is 10.6 Å². The number of nitrogens with zero attached hydrogens (tertiary/aromatic N) is 2. The summed E-state index contributed by atoms with van der Waals surface area (Å²) in [6.07, 6.45) is 4.49. The van der Waals surface area contributed by atoms with Crippen molar-refractivity contribution >= 4 is 23.4 Å². The second-order valence-corrected chi connectivity index (χ2v) is 6.07. The van der Waals surface area contributed by atoms with Gasteiger partial charge in [0.1, 0.15) is 17.5 Å². The Morgan fingerprint density at radius 1 is 1.11 bits per heavy atom. The van der Waals surface area contributed by atoms with E-state index in [1.54, 1.807) is 0 Å². The van der Waals surface area contributed by atoms with Crippen molar-refractivity contribution in [1.29, 1.82) is 0 Å². The van der Waals surface area contributed by atoms with Crippen LogP contribution in [0, 0.1) is 13.8 Å². The van der Waals surface area contributed by atoms with Crippen molar-refractivity contribution in [2.24, 2.45) is 0 Å². The zero-order valence-corrected chi connectivity index (χ0v) is 13.7. The number of thioether (sulfide) groups is 1. The molecule has 1 heterocycles. The SMILES string of the molecule is CCC(CC)(CNc1nc(C)nc(NC)c1C)SC. The first-order chi connectivity index (χ1) is 9.01. The predicted molar refractivity (Wildman–Crippen MR) is 86.4 cm³/mol. The highest BCUT2D eigenvalue weighted by atomic mass is 32.2. The van der Waals surface area contributed by atoms with Crippen molar-refractivity contribution in [1.82, 2.24) is 9.97 Å². The molecule has 0 unspecified atom stereocenters. The van der Waals surface area contributed by atoms with Crippen molar-refractivity contribution in [3.05, 3.63) is 11.4 Å². The maximum Gasteiger partial charge on any atom is 0.134 e. The van der Waals surface area contributed by atoms with E-state index in [1.807, 2.05) is 32.7 Å². The molecule has 0 saturated heterocycles. The Bertz CT molecular complexity index is 408. The first-order valence-electron chi connectivity index (χ1n) is 6.84. The normalized spacial score (nSPS) is 11.5. The fourth-order valence-electron chi connectivity index (χ4n) is 2.15. The van der Waals surface area contributed by atoms with Crippen molar-refractivity contribution in [3.63, 3.8) is 0 Å². The number of aromatic nitrogens is 2. The molecule has 5 heteroatoms. The summed E-state index contributed by atoms with van der Waals surface area (Å²) < 4.78 is 0.283. The van der Waals surface area contributed by atoms with Crippen molar-refractivity contribution in [2.75, 3.05) is 30.5 Å². The number of hydrogen-bond donors (Lipinski definition) is 2. The third-order valence-corrected chi connectivity index (χ3v) is 5.38. The van der Waals surface area contributed by atoms with Gasteiger partial charge >= 0.3 is 0 Å². The quantitative estimate of drug-likeness (QED) is 0.802. The number of rotatable bonds is 7. The van der Waals surface area contributed by atoms with Crippen LogP contribution in [0.15, 0.2) is 0 Å². The number of hydrogen-bond acceptors (Lipinski definition) is 5. The zero-order chi connectivity index (χ0) is 14.5. The van der Waals surface area contributed by atoms with Gasteiger partial charge in [0.15, 0.2) is 0 Å². The van der Waals surface area contributed by atoms with E-state index in [0.717, 1.165) is 42.4 Å². The van der Waals surface area contributed by atoms with E-state index >= 15 is 0 Å². The molecule has 0 fully saturated rings. The maximum atomic E-state index is 4.52. The van der Waals surface area contributed by atoms with Crippen molar-refractivity contribution in [2.45, 2.75) is 45.3 Å². The van der Waals surface area contributed by atoms with Crippen molar-refractivity contribution < 1.29 is 0 Å². The van der Waals surface area contributed by atoms with Gasteiger partial charge in [0.2, 0.25) is 0 Å². The van der Waals surface area contributed by atoms with Crippen LogP contribution in [0.5, 0.6) is 0 Å². The van der Waals surface area contributed by atoms with E-state index in [1.165, 1.54) is 0 Å². The average molecular weight is 282 g/mol. The van der Waals surface area contributed by atoms with Crippen LogP contribution in [0.1, 0.15) is 38.1 Å². The van der Waals surface area contributed by atoms with Crippen LogP contribution in [-0.4, -0.2) is 34.6 Å². The molecule has 0 aliphatic heterocycles. The Labute approximate surface area is 121 Å². The number of aryl methyl sites for hydroxylation is 1. The lowest BCUT2D eigenvalue weighted by Crippen LogP contribution is -2.32. The standard InChI is InChI=1S/C14H26N4S/c1-7-14(8-2,19-6)9-16-13-10(3)12(15-5)17-11(4)18-13/h7-9H2,1-6H3,(H2,15,16,17,18). The van der Waals surface area contributed by atoms with Crippen LogP contribution in [0.2, 0.25) is 0 Å². The van der Waals surface area contributed by atoms with Crippen molar-refractivity contribution in [3.8, 4) is 0 Å². The van der Waals surface area contributed by atoms with E-state index < -0.39 is 0 Å². The van der Waals surface area contributed by atoms with E-state index in [9.17, 15) is 0 Å². The lowest BCUT2D eigenvalue weighted by atomic mass is 10.0. The molecule has 0 aliphatic rings. The molecule has 0 spiro atoms. The summed E-state index contributed by atoms with van der Waals surface area (Å²) in [5, 5.41) is 6.63. The molecule has 2 N–H and O–H groups in total. The number of nitrogens with one attached hydrogen (secondary N) is 2. The third kappa shape index (κ3) is 3.75. The van der Waals surface area contributed by atoms with Gasteiger partial charge in [-0.2, -0.15) is 11.8 Å². The predicted octanol–water partition coefficient (Wildman–Crippen LogP) is 3.47. The minimum absolute atomic E-state index is 0.283. The van der Waals surface area contributed by atoms with Gasteiger partial charge in [-0.1, -0.05) is 13.8 Å². The summed E-state index contributed by atoms with van der Waals surface area (Å²) >= 11 is 1.94. The smallest absolute Gasteiger partial charge is 0.134 e. The molecule has 1 aromatic rings. The van der Waals surface area contributed by atoms with Gasteiger partial charge in [0.25, 0.3) is 0 Å². The fraction of sp³-hybridized carbons (Fsp3) is 0.714. The van der Waals surface area contributed by atoms with E-state index in [0.29, 0.717) is 0 Å². The zero-order valence-electron chi connectivity index (χ0n) is 12.9. The fourth-order valence-corrected chi connectivity index (χ4v) is 2.94. The average Bonchev–Trinajstić information content (AvgIpc) is 2.44. The Kier molecular flexibility index (Phi) is 5.91. The molecule has 1 aromatic heterocycles. The second-order valence-electron chi connectivity index (χ2n) is 4.79. The van der Waals surface area contributed by atoms with Crippen LogP contribution in [0.25, 0.3) is 0 Å². The summed E-state index contributed by atoms with van der Waals surface area (Å²) in [6, 6.07) is 0. The van der Waals surface area contributed by atoms with Crippen LogP contribution in [0.4, 0.5) is 11.6 Å². The van der Waals surface area contributed by atoms with Crippen LogP contribution < -0.4 is 10.6 Å². The van der Waals surface area contributed by atoms with Crippen LogP contribution in [0.3, 0.4) is 0 Å². The molecule has 4 nitrogen and oxygen atoms in total. The van der Waals surface area contributed by atoms with Gasteiger partial charge in [-0.25, -0.2) is 9.97 Å².